The predicted molar refractivity (Wildman–Crippen MR) is 129 cm³/mol. The second kappa shape index (κ2) is 11.0. The summed E-state index contributed by atoms with van der Waals surface area (Å²) in [4.78, 5) is 22.3. The number of rotatable bonds is 9. The second-order valence-corrected chi connectivity index (χ2v) is 8.60. The van der Waals surface area contributed by atoms with Crippen LogP contribution >= 0.6 is 0 Å². The molecular formula is C24H19N3O8S. The summed E-state index contributed by atoms with van der Waals surface area (Å²) in [6, 6.07) is 16.8. The highest BCUT2D eigenvalue weighted by Crippen LogP contribution is 2.32. The van der Waals surface area contributed by atoms with Crippen molar-refractivity contribution in [1.82, 2.24) is 0 Å². The zero-order valence-corrected chi connectivity index (χ0v) is 19.8. The van der Waals surface area contributed by atoms with Crippen LogP contribution in [0, 0.1) is 21.4 Å². The predicted octanol–water partition coefficient (Wildman–Crippen LogP) is 3.93. The van der Waals surface area contributed by atoms with Crippen molar-refractivity contribution in [3.63, 3.8) is 0 Å². The Hall–Kier alpha value is -4.89. The standard InChI is InChI=1S/C24H19N3O8S/c1-33-20-9-7-18(8-10-20)26-24(28)17(15-25)12-16-6-11-22(23(13-16)34-2)35-36(31,32)21-5-3-4-19(14-21)27(29)30/h3-14H,1-2H3,(H,26,28)/b17-12+. The van der Waals surface area contributed by atoms with Crippen molar-refractivity contribution >= 4 is 33.5 Å². The third-order valence-electron chi connectivity index (χ3n) is 4.73. The van der Waals surface area contributed by atoms with Gasteiger partial charge in [0.2, 0.25) is 0 Å². The molecule has 36 heavy (non-hydrogen) atoms. The fraction of sp³-hybridized carbons (Fsp3) is 0.0833. The van der Waals surface area contributed by atoms with Gasteiger partial charge in [0.25, 0.3) is 11.6 Å². The number of hydrogen-bond acceptors (Lipinski definition) is 9. The van der Waals surface area contributed by atoms with Crippen LogP contribution in [0.1, 0.15) is 5.56 Å². The Morgan fingerprint density at radius 2 is 1.75 bits per heavy atom. The number of ether oxygens (including phenoxy) is 2. The molecular weight excluding hydrogens is 490 g/mol. The minimum atomic E-state index is -4.42. The third kappa shape index (κ3) is 6.16. The van der Waals surface area contributed by atoms with E-state index in [2.05, 4.69) is 5.32 Å². The molecule has 0 spiro atoms. The van der Waals surface area contributed by atoms with Crippen LogP contribution in [-0.2, 0) is 14.9 Å². The van der Waals surface area contributed by atoms with Gasteiger partial charge in [-0.3, -0.25) is 14.9 Å². The Morgan fingerprint density at radius 1 is 1.03 bits per heavy atom. The molecule has 0 saturated carbocycles. The van der Waals surface area contributed by atoms with Gasteiger partial charge in [0.1, 0.15) is 22.3 Å². The first-order valence-corrected chi connectivity index (χ1v) is 11.5. The molecule has 0 fully saturated rings. The lowest BCUT2D eigenvalue weighted by atomic mass is 10.1. The van der Waals surface area contributed by atoms with Crippen molar-refractivity contribution in [3.8, 4) is 23.3 Å². The monoisotopic (exact) mass is 509 g/mol. The summed E-state index contributed by atoms with van der Waals surface area (Å²) < 4.78 is 40.7. The highest BCUT2D eigenvalue weighted by molar-refractivity contribution is 7.87. The van der Waals surface area contributed by atoms with Crippen molar-refractivity contribution in [2.24, 2.45) is 0 Å². The molecule has 1 N–H and O–H groups in total. The quantitative estimate of drug-likeness (QED) is 0.148. The van der Waals surface area contributed by atoms with Crippen molar-refractivity contribution in [3.05, 3.63) is 88.0 Å². The van der Waals surface area contributed by atoms with Gasteiger partial charge in [0.05, 0.1) is 19.1 Å². The highest BCUT2D eigenvalue weighted by Gasteiger charge is 2.22. The molecule has 184 valence electrons. The normalized spacial score (nSPS) is 11.2. The maximum absolute atomic E-state index is 12.6. The number of carbonyl (C=O) groups excluding carboxylic acids is 1. The number of amides is 1. The molecule has 0 atom stereocenters. The van der Waals surface area contributed by atoms with E-state index in [1.807, 2.05) is 6.07 Å². The number of non-ortho nitro benzene ring substituents is 1. The number of benzene rings is 3. The summed E-state index contributed by atoms with van der Waals surface area (Å²) in [6.45, 7) is 0. The first-order chi connectivity index (χ1) is 17.2. The van der Waals surface area contributed by atoms with Crippen LogP contribution in [0.25, 0.3) is 6.08 Å². The molecule has 0 saturated heterocycles. The number of methoxy groups -OCH3 is 2. The highest BCUT2D eigenvalue weighted by atomic mass is 32.2. The summed E-state index contributed by atoms with van der Waals surface area (Å²) in [5.41, 5.74) is 0.179. The van der Waals surface area contributed by atoms with Gasteiger partial charge in [-0.25, -0.2) is 0 Å². The van der Waals surface area contributed by atoms with Crippen LogP contribution in [0.2, 0.25) is 0 Å². The van der Waals surface area contributed by atoms with Gasteiger partial charge in [-0.05, 0) is 54.1 Å². The van der Waals surface area contributed by atoms with Gasteiger partial charge >= 0.3 is 10.1 Å². The summed E-state index contributed by atoms with van der Waals surface area (Å²) in [6.07, 6.45) is 1.29. The van der Waals surface area contributed by atoms with E-state index in [1.54, 1.807) is 24.3 Å². The molecule has 1 amide bonds. The van der Waals surface area contributed by atoms with Crippen LogP contribution in [0.4, 0.5) is 11.4 Å². The molecule has 0 aliphatic rings. The van der Waals surface area contributed by atoms with E-state index < -0.39 is 31.5 Å². The Morgan fingerprint density at radius 3 is 2.36 bits per heavy atom. The maximum atomic E-state index is 12.6. The lowest BCUT2D eigenvalue weighted by Gasteiger charge is -2.11. The van der Waals surface area contributed by atoms with Crippen molar-refractivity contribution in [2.75, 3.05) is 19.5 Å². The van der Waals surface area contributed by atoms with Crippen LogP contribution in [0.3, 0.4) is 0 Å². The molecule has 0 radical (unpaired) electrons. The van der Waals surface area contributed by atoms with Gasteiger partial charge in [0, 0.05) is 17.8 Å². The number of nitro groups is 1. The lowest BCUT2D eigenvalue weighted by molar-refractivity contribution is -0.385. The van der Waals surface area contributed by atoms with E-state index in [9.17, 15) is 28.6 Å². The van der Waals surface area contributed by atoms with E-state index in [1.165, 1.54) is 44.6 Å². The first kappa shape index (κ1) is 25.7. The number of hydrogen-bond donors (Lipinski definition) is 1. The van der Waals surface area contributed by atoms with Gasteiger partial charge in [-0.1, -0.05) is 12.1 Å². The minimum absolute atomic E-state index is 0.00870. The smallest absolute Gasteiger partial charge is 0.339 e. The van der Waals surface area contributed by atoms with Crippen LogP contribution in [-0.4, -0.2) is 33.5 Å². The fourth-order valence-corrected chi connectivity index (χ4v) is 3.93. The molecule has 3 rings (SSSR count). The molecule has 12 heteroatoms. The number of anilines is 1. The number of nitrogens with zero attached hydrogens (tertiary/aromatic N) is 2. The van der Waals surface area contributed by atoms with Crippen LogP contribution < -0.4 is 19.0 Å². The zero-order chi connectivity index (χ0) is 26.3. The van der Waals surface area contributed by atoms with E-state index in [-0.39, 0.29) is 17.1 Å². The van der Waals surface area contributed by atoms with Gasteiger partial charge in [0.15, 0.2) is 11.5 Å². The SMILES string of the molecule is COc1ccc(NC(=O)/C(C#N)=C/c2ccc(OS(=O)(=O)c3cccc([N+](=O)[O-])c3)c(OC)c2)cc1. The van der Waals surface area contributed by atoms with E-state index in [4.69, 9.17) is 13.7 Å². The van der Waals surface area contributed by atoms with Gasteiger partial charge in [-0.15, -0.1) is 0 Å². The van der Waals surface area contributed by atoms with Crippen molar-refractivity contribution < 1.29 is 31.8 Å². The number of nitro benzene ring substituents is 1. The van der Waals surface area contributed by atoms with E-state index in [0.717, 1.165) is 18.2 Å². The first-order valence-electron chi connectivity index (χ1n) is 10.1. The number of carbonyl (C=O) groups is 1. The molecule has 0 heterocycles. The Labute approximate surface area is 206 Å². The lowest BCUT2D eigenvalue weighted by Crippen LogP contribution is -2.13. The molecule has 0 aliphatic carbocycles. The molecule has 0 aliphatic heterocycles. The fourth-order valence-electron chi connectivity index (χ4n) is 2.95. The van der Waals surface area contributed by atoms with Crippen molar-refractivity contribution in [2.45, 2.75) is 4.90 Å². The van der Waals surface area contributed by atoms with Gasteiger partial charge < -0.3 is 19.0 Å². The average molecular weight is 509 g/mol. The summed E-state index contributed by atoms with van der Waals surface area (Å²) in [5.74, 6) is -0.255. The summed E-state index contributed by atoms with van der Waals surface area (Å²) in [5, 5.41) is 23.0. The van der Waals surface area contributed by atoms with Gasteiger partial charge in [-0.2, -0.15) is 13.7 Å². The third-order valence-corrected chi connectivity index (χ3v) is 5.96. The maximum Gasteiger partial charge on any atom is 0.339 e. The number of nitriles is 1. The van der Waals surface area contributed by atoms with Crippen LogP contribution in [0.15, 0.2) is 77.2 Å². The van der Waals surface area contributed by atoms with E-state index >= 15 is 0 Å². The molecule has 0 unspecified atom stereocenters. The molecule has 0 aromatic heterocycles. The Balaban J connectivity index is 1.84. The molecule has 3 aromatic carbocycles. The van der Waals surface area contributed by atoms with E-state index in [0.29, 0.717) is 17.0 Å². The van der Waals surface area contributed by atoms with Crippen molar-refractivity contribution in [1.29, 1.82) is 5.26 Å². The zero-order valence-electron chi connectivity index (χ0n) is 19.0. The average Bonchev–Trinajstić information content (AvgIpc) is 2.88. The molecule has 3 aromatic rings. The largest absolute Gasteiger partial charge is 0.497 e. The summed E-state index contributed by atoms with van der Waals surface area (Å²) >= 11 is 0. The second-order valence-electron chi connectivity index (χ2n) is 7.05. The topological polar surface area (TPSA) is 158 Å². The Bertz CT molecular complexity index is 1480. The minimum Gasteiger partial charge on any atom is -0.497 e. The number of nitrogens with one attached hydrogen (secondary N) is 1. The Kier molecular flexibility index (Phi) is 7.88. The van der Waals surface area contributed by atoms with Crippen LogP contribution in [0.5, 0.6) is 17.2 Å². The molecule has 11 nitrogen and oxygen atoms in total. The summed E-state index contributed by atoms with van der Waals surface area (Å²) in [7, 11) is -1.63. The molecule has 0 bridgehead atoms.